The molecule has 6 rings (SSSR count). The third-order valence-electron chi connectivity index (χ3n) is 8.15. The van der Waals surface area contributed by atoms with E-state index < -0.39 is 15.9 Å². The lowest BCUT2D eigenvalue weighted by atomic mass is 10.0. The lowest BCUT2D eigenvalue weighted by molar-refractivity contribution is 0.0122. The molecule has 1 aliphatic heterocycles. The topological polar surface area (TPSA) is 111 Å². The van der Waals surface area contributed by atoms with Gasteiger partial charge in [0.05, 0.1) is 35.1 Å². The van der Waals surface area contributed by atoms with E-state index >= 15 is 0 Å². The van der Waals surface area contributed by atoms with Crippen molar-refractivity contribution < 1.29 is 27.2 Å². The number of halogens is 2. The Balaban J connectivity index is 1.09. The zero-order valence-electron chi connectivity index (χ0n) is 22.5. The molecule has 2 aliphatic carbocycles. The van der Waals surface area contributed by atoms with Crippen molar-refractivity contribution in [2.75, 3.05) is 30.9 Å². The molecule has 41 heavy (non-hydrogen) atoms. The molecule has 3 aromatic rings. The van der Waals surface area contributed by atoms with Crippen LogP contribution in [0, 0.1) is 5.92 Å². The number of nitrogens with one attached hydrogen (secondary N) is 1. The van der Waals surface area contributed by atoms with E-state index in [2.05, 4.69) is 14.8 Å². The van der Waals surface area contributed by atoms with Crippen LogP contribution in [0.2, 0.25) is 10.0 Å². The van der Waals surface area contributed by atoms with E-state index in [0.717, 1.165) is 49.2 Å². The molecule has 3 aliphatic rings. The fourth-order valence-corrected chi connectivity index (χ4v) is 7.38. The smallest absolute Gasteiger partial charge is 0.264 e. The molecule has 3 fully saturated rings. The maximum absolute atomic E-state index is 12.4. The minimum absolute atomic E-state index is 0.0152. The number of amides is 1. The zero-order valence-corrected chi connectivity index (χ0v) is 24.8. The van der Waals surface area contributed by atoms with Crippen LogP contribution < -0.4 is 9.62 Å². The summed E-state index contributed by atoms with van der Waals surface area (Å²) in [6, 6.07) is 12.8. The first kappa shape index (κ1) is 28.5. The van der Waals surface area contributed by atoms with Crippen LogP contribution in [0.25, 0.3) is 11.3 Å². The number of rotatable bonds is 11. The number of hydrogen-bond acceptors (Lipinski definition) is 8. The Labute approximate surface area is 249 Å². The van der Waals surface area contributed by atoms with Crippen LogP contribution in [0.5, 0.6) is 0 Å². The van der Waals surface area contributed by atoms with Crippen molar-refractivity contribution >= 4 is 44.8 Å². The molecule has 1 amide bonds. The number of hydrogen-bond donors (Lipinski definition) is 1. The number of sulfonamides is 1. The summed E-state index contributed by atoms with van der Waals surface area (Å²) in [5, 5.41) is 5.42. The first-order valence-corrected chi connectivity index (χ1v) is 16.1. The van der Waals surface area contributed by atoms with E-state index in [1.54, 1.807) is 24.3 Å². The van der Waals surface area contributed by atoms with E-state index in [0.29, 0.717) is 45.8 Å². The molecule has 0 radical (unpaired) electrons. The van der Waals surface area contributed by atoms with E-state index in [9.17, 15) is 13.2 Å². The van der Waals surface area contributed by atoms with Gasteiger partial charge in [-0.2, -0.15) is 0 Å². The summed E-state index contributed by atoms with van der Waals surface area (Å²) in [5.74, 6) is 0.673. The van der Waals surface area contributed by atoms with Crippen LogP contribution in [0.15, 0.2) is 47.0 Å². The van der Waals surface area contributed by atoms with E-state index in [4.69, 9.17) is 37.2 Å². The zero-order chi connectivity index (χ0) is 28.7. The highest BCUT2D eigenvalue weighted by atomic mass is 35.5. The number of carbonyl (C=O) groups is 1. The Morgan fingerprint density at radius 3 is 2.49 bits per heavy atom. The molecule has 2 bridgehead atoms. The number of carbonyl (C=O) groups excluding carboxylic acids is 1. The second kappa shape index (κ2) is 11.6. The largest absolute Gasteiger partial charge is 0.384 e. The van der Waals surface area contributed by atoms with Gasteiger partial charge in [0.1, 0.15) is 11.5 Å². The number of anilines is 1. The highest BCUT2D eigenvalue weighted by molar-refractivity contribution is 7.90. The van der Waals surface area contributed by atoms with Gasteiger partial charge in [-0.3, -0.25) is 4.79 Å². The van der Waals surface area contributed by atoms with Crippen LogP contribution in [0.1, 0.15) is 53.3 Å². The van der Waals surface area contributed by atoms with Gasteiger partial charge in [-0.25, -0.2) is 13.1 Å². The van der Waals surface area contributed by atoms with Crippen molar-refractivity contribution in [1.82, 2.24) is 9.88 Å². The van der Waals surface area contributed by atoms with Gasteiger partial charge in [-0.15, -0.1) is 0 Å². The third-order valence-corrected chi connectivity index (χ3v) is 9.98. The van der Waals surface area contributed by atoms with Gasteiger partial charge in [0.25, 0.3) is 5.91 Å². The molecule has 2 heterocycles. The van der Waals surface area contributed by atoms with Crippen LogP contribution in [0.4, 0.5) is 5.69 Å². The molecule has 2 saturated carbocycles. The van der Waals surface area contributed by atoms with Crippen LogP contribution in [-0.4, -0.2) is 57.6 Å². The van der Waals surface area contributed by atoms with Crippen LogP contribution in [-0.2, 0) is 26.1 Å². The summed E-state index contributed by atoms with van der Waals surface area (Å²) in [4.78, 5) is 14.8. The highest BCUT2D eigenvalue weighted by Crippen LogP contribution is 2.47. The molecule has 218 valence electrons. The van der Waals surface area contributed by atoms with Gasteiger partial charge in [0, 0.05) is 53.9 Å². The van der Waals surface area contributed by atoms with Crippen LogP contribution >= 0.6 is 23.2 Å². The fraction of sp³-hybridized carbons (Fsp3) is 0.448. The first-order chi connectivity index (χ1) is 19.7. The predicted molar refractivity (Wildman–Crippen MR) is 156 cm³/mol. The van der Waals surface area contributed by atoms with Gasteiger partial charge < -0.3 is 18.9 Å². The summed E-state index contributed by atoms with van der Waals surface area (Å²) >= 11 is 13.0. The Kier molecular flexibility index (Phi) is 8.04. The summed E-state index contributed by atoms with van der Waals surface area (Å²) in [5.41, 5.74) is 3.55. The third kappa shape index (κ3) is 5.99. The van der Waals surface area contributed by atoms with Gasteiger partial charge in [0.15, 0.2) is 0 Å². The molecule has 3 atom stereocenters. The fourth-order valence-electron chi connectivity index (χ4n) is 5.91. The summed E-state index contributed by atoms with van der Waals surface area (Å²) in [6.07, 6.45) is 4.16. The minimum atomic E-state index is -3.75. The van der Waals surface area contributed by atoms with Gasteiger partial charge >= 0.3 is 0 Å². The van der Waals surface area contributed by atoms with Gasteiger partial charge in [0.2, 0.25) is 10.0 Å². The lowest BCUT2D eigenvalue weighted by Gasteiger charge is -2.33. The predicted octanol–water partition coefficient (Wildman–Crippen LogP) is 5.42. The monoisotopic (exact) mass is 619 g/mol. The number of benzene rings is 2. The lowest BCUT2D eigenvalue weighted by Crippen LogP contribution is -2.38. The average molecular weight is 621 g/mol. The summed E-state index contributed by atoms with van der Waals surface area (Å²) in [6.45, 7) is 1.24. The van der Waals surface area contributed by atoms with Crippen molar-refractivity contribution in [1.29, 1.82) is 0 Å². The quantitative estimate of drug-likeness (QED) is 0.303. The van der Waals surface area contributed by atoms with Crippen molar-refractivity contribution in [3.8, 4) is 11.3 Å². The van der Waals surface area contributed by atoms with E-state index in [1.165, 1.54) is 7.11 Å². The SMILES string of the molecule is COCCS(=O)(=O)NC(=O)c1ccc(N2C[C@@H]3C[C@H]2C[C@H]3OCc2c(-c3c(Cl)cccc3Cl)noc2C2CC2)cc1. The van der Waals surface area contributed by atoms with Crippen LogP contribution in [0.3, 0.4) is 0 Å². The molecule has 12 heteroatoms. The summed E-state index contributed by atoms with van der Waals surface area (Å²) < 4.78 is 43.2. The average Bonchev–Trinajstić information content (AvgIpc) is 3.40. The number of aromatic nitrogens is 1. The molecule has 1 N–H and O–H groups in total. The Bertz CT molecular complexity index is 1520. The normalized spacial score (nSPS) is 21.9. The second-order valence-electron chi connectivity index (χ2n) is 10.9. The van der Waals surface area contributed by atoms with E-state index in [-0.39, 0.29) is 24.0 Å². The first-order valence-electron chi connectivity index (χ1n) is 13.7. The molecule has 2 aromatic carbocycles. The molecular formula is C29H31Cl2N3O6S. The van der Waals surface area contributed by atoms with Crippen molar-refractivity contribution in [3.05, 3.63) is 69.4 Å². The minimum Gasteiger partial charge on any atom is -0.384 e. The maximum Gasteiger partial charge on any atom is 0.264 e. The number of methoxy groups -OCH3 is 1. The van der Waals surface area contributed by atoms with Crippen molar-refractivity contribution in [3.63, 3.8) is 0 Å². The number of nitrogens with zero attached hydrogens (tertiary/aromatic N) is 2. The molecular weight excluding hydrogens is 589 g/mol. The molecule has 0 unspecified atom stereocenters. The highest BCUT2D eigenvalue weighted by Gasteiger charge is 2.45. The second-order valence-corrected chi connectivity index (χ2v) is 13.6. The summed E-state index contributed by atoms with van der Waals surface area (Å²) in [7, 11) is -2.34. The number of ether oxygens (including phenoxy) is 2. The van der Waals surface area contributed by atoms with Crippen molar-refractivity contribution in [2.24, 2.45) is 5.92 Å². The molecule has 9 nitrogen and oxygen atoms in total. The Hall–Kier alpha value is -2.63. The number of piperidine rings is 1. The number of fused-ring (bicyclic) bond motifs is 2. The molecule has 1 saturated heterocycles. The Morgan fingerprint density at radius 2 is 1.85 bits per heavy atom. The van der Waals surface area contributed by atoms with Gasteiger partial charge in [-0.1, -0.05) is 34.4 Å². The van der Waals surface area contributed by atoms with E-state index in [1.807, 2.05) is 18.2 Å². The molecule has 1 aromatic heterocycles. The Morgan fingerprint density at radius 1 is 1.12 bits per heavy atom. The maximum atomic E-state index is 12.4. The van der Waals surface area contributed by atoms with Crippen molar-refractivity contribution in [2.45, 2.75) is 50.4 Å². The van der Waals surface area contributed by atoms with Gasteiger partial charge in [-0.05, 0) is 62.1 Å². The standard InChI is InChI=1S/C29H31Cl2N3O6S/c1-38-11-12-41(36,37)33-29(35)18-7-9-20(10-8-18)34-15-19-13-21(34)14-25(19)39-16-22-27(32-40-28(22)17-5-6-17)26-23(30)3-2-4-24(26)31/h2-4,7-10,17,19,21,25H,5-6,11-16H2,1H3,(H,33,35)/t19-,21-,25+/m0/s1. The molecule has 0 spiro atoms.